The highest BCUT2D eigenvalue weighted by atomic mass is 32.3. The maximum Gasteiger partial charge on any atom is 0.480 e. The minimum Gasteiger partial charge on any atom is -0.421 e. The lowest BCUT2D eigenvalue weighted by Crippen LogP contribution is -2.30. The molecule has 0 aromatic rings. The first-order valence-corrected chi connectivity index (χ1v) is 12.0. The Morgan fingerprint density at radius 3 is 1.17 bits per heavy atom. The molecule has 0 saturated carbocycles. The van der Waals surface area contributed by atoms with Gasteiger partial charge in [0.05, 0.1) is 6.16 Å². The van der Waals surface area contributed by atoms with Gasteiger partial charge in [0.2, 0.25) is 0 Å². The van der Waals surface area contributed by atoms with E-state index in [1.165, 1.54) is 6.16 Å². The molecule has 0 unspecified atom stereocenters. The van der Waals surface area contributed by atoms with Gasteiger partial charge in [0.25, 0.3) is 0 Å². The van der Waals surface area contributed by atoms with Crippen LogP contribution in [0, 0.1) is 5.92 Å². The van der Waals surface area contributed by atoms with Crippen LogP contribution in [0.25, 0.3) is 4.13 Å². The summed E-state index contributed by atoms with van der Waals surface area (Å²) < 4.78 is 109. The Morgan fingerprint density at radius 1 is 0.826 bits per heavy atom. The molecule has 0 aliphatic carbocycles. The maximum atomic E-state index is 11.4. The fourth-order valence-corrected chi connectivity index (χ4v) is 5.21. The molecule has 5 nitrogen and oxygen atoms in total. The average Bonchev–Trinajstić information content (AvgIpc) is 2.07. The number of rotatable bonds is 4. The smallest absolute Gasteiger partial charge is 0.421 e. The van der Waals surface area contributed by atoms with Crippen molar-refractivity contribution < 1.29 is 43.2 Å². The quantitative estimate of drug-likeness (QED) is 0.521. The van der Waals surface area contributed by atoms with Crippen LogP contribution in [-0.4, -0.2) is 54.0 Å². The first-order valence-electron chi connectivity index (χ1n) is 5.79. The largest absolute Gasteiger partial charge is 0.480 e. The summed E-state index contributed by atoms with van der Waals surface area (Å²) in [6.07, 6.45) is 1.44. The van der Waals surface area contributed by atoms with E-state index in [2.05, 4.69) is 33.8 Å². The highest BCUT2D eigenvalue weighted by molar-refractivity contribution is 8.13. The van der Waals surface area contributed by atoms with E-state index in [9.17, 15) is 43.2 Å². The van der Waals surface area contributed by atoms with Crippen LogP contribution in [0.4, 0.5) is 26.3 Å². The molecule has 14 heteroatoms. The molecule has 0 heterocycles. The van der Waals surface area contributed by atoms with E-state index in [0.717, 1.165) is 10.0 Å². The van der Waals surface area contributed by atoms with E-state index in [4.69, 9.17) is 0 Å². The lowest BCUT2D eigenvalue weighted by Gasteiger charge is -2.22. The van der Waals surface area contributed by atoms with Gasteiger partial charge in [-0.15, -0.1) is 0 Å². The van der Waals surface area contributed by atoms with Crippen LogP contribution in [0.15, 0.2) is 0 Å². The molecule has 0 bridgehead atoms. The first-order chi connectivity index (χ1) is 9.62. The van der Waals surface area contributed by atoms with E-state index in [1.807, 2.05) is 0 Å². The highest BCUT2D eigenvalue weighted by Crippen LogP contribution is 2.47. The zero-order valence-corrected chi connectivity index (χ0v) is 15.4. The Hall–Kier alpha value is -0.130. The molecule has 0 aromatic heterocycles. The maximum absolute atomic E-state index is 11.4. The van der Waals surface area contributed by atoms with Crippen molar-refractivity contribution in [3.8, 4) is 0 Å². The molecule has 0 fully saturated rings. The van der Waals surface area contributed by atoms with E-state index in [-0.39, 0.29) is 0 Å². The molecular weight excluding hydrogens is 395 g/mol. The number of hydrogen-bond acceptors (Lipinski definition) is 4. The van der Waals surface area contributed by atoms with Gasteiger partial charge >= 0.3 is 11.0 Å². The number of alkyl halides is 6. The van der Waals surface area contributed by atoms with Crippen LogP contribution in [0.5, 0.6) is 0 Å². The van der Waals surface area contributed by atoms with E-state index in [1.54, 1.807) is 0 Å². The molecule has 0 radical (unpaired) electrons. The predicted octanol–water partition coefficient (Wildman–Crippen LogP) is 3.61. The molecule has 0 amide bonds. The molecule has 0 atom stereocenters. The van der Waals surface area contributed by atoms with E-state index in [0.29, 0.717) is 0 Å². The van der Waals surface area contributed by atoms with Crippen LogP contribution in [0.3, 0.4) is 0 Å². The van der Waals surface area contributed by atoms with Gasteiger partial charge in [0.15, 0.2) is 20.0 Å². The third-order valence-corrected chi connectivity index (χ3v) is 6.26. The molecule has 0 aliphatic rings. The molecule has 0 N–H and O–H groups in total. The molecule has 0 aliphatic heterocycles. The van der Waals surface area contributed by atoms with Crippen molar-refractivity contribution in [2.45, 2.75) is 24.9 Å². The molecule has 0 saturated heterocycles. The summed E-state index contributed by atoms with van der Waals surface area (Å²) >= 11 is 0. The third-order valence-electron chi connectivity index (χ3n) is 1.69. The minimum absolute atomic E-state index is 0.472. The zero-order chi connectivity index (χ0) is 19.5. The van der Waals surface area contributed by atoms with Crippen molar-refractivity contribution in [1.29, 1.82) is 0 Å². The van der Waals surface area contributed by atoms with E-state index < -0.39 is 38.3 Å². The lowest BCUT2D eigenvalue weighted by atomic mass is 10.3. The SMILES string of the molecule is CC(C)C[P+](C)(C)C.O=S(=O)([N-]S(=O)(=O)C(F)(F)F)C(F)(F)F. The lowest BCUT2D eigenvalue weighted by molar-refractivity contribution is -0.0444. The van der Waals surface area contributed by atoms with Crippen molar-refractivity contribution in [3.63, 3.8) is 0 Å². The molecule has 142 valence electrons. The van der Waals surface area contributed by atoms with Crippen molar-refractivity contribution in [3.05, 3.63) is 4.13 Å². The van der Waals surface area contributed by atoms with Gasteiger partial charge in [0, 0.05) is 27.3 Å². The van der Waals surface area contributed by atoms with Crippen molar-refractivity contribution >= 4 is 27.3 Å². The van der Waals surface area contributed by atoms with Gasteiger partial charge in [-0.05, 0) is 5.92 Å². The average molecular weight is 413 g/mol. The van der Waals surface area contributed by atoms with Gasteiger partial charge in [-0.1, -0.05) is 13.8 Å². The van der Waals surface area contributed by atoms with Gasteiger partial charge in [-0.3, -0.25) is 0 Å². The second kappa shape index (κ2) is 7.83. The second-order valence-electron chi connectivity index (χ2n) is 5.78. The summed E-state index contributed by atoms with van der Waals surface area (Å²) in [7, 11) is -13.9. The Balaban J connectivity index is 0. The Labute approximate surface area is 132 Å². The number of nitrogens with zero attached hydrogens (tertiary/aromatic N) is 1. The van der Waals surface area contributed by atoms with Crippen LogP contribution < -0.4 is 0 Å². The molecule has 23 heavy (non-hydrogen) atoms. The highest BCUT2D eigenvalue weighted by Gasteiger charge is 2.46. The molecular formula is C9H18F6NO4PS2. The summed E-state index contributed by atoms with van der Waals surface area (Å²) in [6.45, 7) is 11.8. The summed E-state index contributed by atoms with van der Waals surface area (Å²) in [6, 6.07) is 0. The van der Waals surface area contributed by atoms with E-state index >= 15 is 0 Å². The van der Waals surface area contributed by atoms with Crippen molar-refractivity contribution in [1.82, 2.24) is 0 Å². The second-order valence-corrected chi connectivity index (χ2v) is 14.2. The fourth-order valence-electron chi connectivity index (χ4n) is 1.31. The number of halogens is 6. The summed E-state index contributed by atoms with van der Waals surface area (Å²) in [5.41, 5.74) is -12.4. The fraction of sp³-hybridized carbons (Fsp3) is 1.00. The number of sulfonamides is 2. The Morgan fingerprint density at radius 2 is 1.09 bits per heavy atom. The third kappa shape index (κ3) is 10.4. The van der Waals surface area contributed by atoms with Gasteiger partial charge in [0.1, 0.15) is 0 Å². The van der Waals surface area contributed by atoms with Crippen LogP contribution in [0.2, 0.25) is 0 Å². The normalized spacial score (nSPS) is 14.4. The minimum atomic E-state index is -6.72. The van der Waals surface area contributed by atoms with Crippen LogP contribution in [-0.2, 0) is 20.0 Å². The first kappa shape index (κ1) is 25.1. The molecule has 0 rings (SSSR count). The standard InChI is InChI=1S/C7H18P.C2F6NO4S2/c1-7(2)6-8(3,4)5;3-1(4,5)14(10,11)9-15(12,13)2(6,7)8/h7H,6H2,1-5H3;/q+1;-1. The summed E-state index contributed by atoms with van der Waals surface area (Å²) in [4.78, 5) is 0. The topological polar surface area (TPSA) is 82.4 Å². The Bertz CT molecular complexity index is 533. The number of hydrogen-bond donors (Lipinski definition) is 0. The molecule has 0 spiro atoms. The summed E-state index contributed by atoms with van der Waals surface area (Å²) in [5, 5.41) is 0. The van der Waals surface area contributed by atoms with Crippen molar-refractivity contribution in [2.24, 2.45) is 5.92 Å². The van der Waals surface area contributed by atoms with Crippen LogP contribution >= 0.6 is 7.26 Å². The van der Waals surface area contributed by atoms with Gasteiger partial charge < -0.3 is 4.13 Å². The van der Waals surface area contributed by atoms with Crippen molar-refractivity contribution in [2.75, 3.05) is 26.2 Å². The Kier molecular flexibility index (Phi) is 8.55. The van der Waals surface area contributed by atoms with Gasteiger partial charge in [-0.25, -0.2) is 16.8 Å². The summed E-state index contributed by atoms with van der Waals surface area (Å²) in [5.74, 6) is 0.892. The molecule has 0 aromatic carbocycles. The van der Waals surface area contributed by atoms with Crippen LogP contribution in [0.1, 0.15) is 13.8 Å². The predicted molar refractivity (Wildman–Crippen MR) is 77.7 cm³/mol. The van der Waals surface area contributed by atoms with Gasteiger partial charge in [-0.2, -0.15) is 26.3 Å². The monoisotopic (exact) mass is 413 g/mol. The zero-order valence-electron chi connectivity index (χ0n) is 12.9.